The number of aliphatic carboxylic acids is 1. The maximum absolute atomic E-state index is 10.4. The van der Waals surface area contributed by atoms with Gasteiger partial charge in [-0.1, -0.05) is 0 Å². The first-order valence-electron chi connectivity index (χ1n) is 4.68. The van der Waals surface area contributed by atoms with Crippen molar-refractivity contribution < 1.29 is 15.0 Å². The van der Waals surface area contributed by atoms with Crippen molar-refractivity contribution in [1.82, 2.24) is 9.97 Å². The van der Waals surface area contributed by atoms with E-state index in [1.54, 1.807) is 12.1 Å². The Morgan fingerprint density at radius 1 is 1.50 bits per heavy atom. The Hall–Kier alpha value is -2.14. The number of carboxylic acids is 1. The lowest BCUT2D eigenvalue weighted by Crippen LogP contribution is -1.89. The molecule has 82 valence electrons. The summed E-state index contributed by atoms with van der Waals surface area (Å²) in [6.45, 7) is -0.0944. The molecule has 2 rings (SSSR count). The molecule has 3 N–H and O–H groups in total. The molecule has 16 heavy (non-hydrogen) atoms. The lowest BCUT2D eigenvalue weighted by molar-refractivity contribution is -0.131. The molecule has 2 aromatic rings. The van der Waals surface area contributed by atoms with E-state index in [1.807, 2.05) is 0 Å². The van der Waals surface area contributed by atoms with E-state index < -0.39 is 5.97 Å². The van der Waals surface area contributed by atoms with Gasteiger partial charge in [-0.25, -0.2) is 9.78 Å². The first kappa shape index (κ1) is 10.4. The summed E-state index contributed by atoms with van der Waals surface area (Å²) in [5, 5.41) is 17.6. The van der Waals surface area contributed by atoms with E-state index >= 15 is 0 Å². The third kappa shape index (κ3) is 1.94. The highest BCUT2D eigenvalue weighted by Crippen LogP contribution is 2.19. The van der Waals surface area contributed by atoms with Crippen molar-refractivity contribution in [3.8, 4) is 0 Å². The second-order valence-electron chi connectivity index (χ2n) is 3.31. The molecule has 1 aromatic heterocycles. The number of fused-ring (bicyclic) bond motifs is 1. The van der Waals surface area contributed by atoms with E-state index in [2.05, 4.69) is 9.97 Å². The van der Waals surface area contributed by atoms with Crippen LogP contribution in [0.25, 0.3) is 17.1 Å². The highest BCUT2D eigenvalue weighted by atomic mass is 16.4. The predicted octanol–water partition coefficient (Wildman–Crippen LogP) is 1.15. The molecule has 0 aliphatic heterocycles. The Morgan fingerprint density at radius 3 is 3.00 bits per heavy atom. The zero-order chi connectivity index (χ0) is 11.5. The van der Waals surface area contributed by atoms with Crippen LogP contribution in [0.3, 0.4) is 0 Å². The summed E-state index contributed by atoms with van der Waals surface area (Å²) in [5.74, 6) is -1.02. The van der Waals surface area contributed by atoms with Gasteiger partial charge in [-0.3, -0.25) is 0 Å². The minimum atomic E-state index is -1.02. The molecule has 1 aromatic carbocycles. The van der Waals surface area contributed by atoms with Crippen LogP contribution in [0.2, 0.25) is 0 Å². The van der Waals surface area contributed by atoms with Gasteiger partial charge in [-0.15, -0.1) is 0 Å². The highest BCUT2D eigenvalue weighted by Gasteiger charge is 2.04. The molecule has 0 aliphatic carbocycles. The van der Waals surface area contributed by atoms with E-state index in [0.29, 0.717) is 16.6 Å². The van der Waals surface area contributed by atoms with Gasteiger partial charge in [0, 0.05) is 11.6 Å². The van der Waals surface area contributed by atoms with Crippen LogP contribution < -0.4 is 0 Å². The summed E-state index contributed by atoms with van der Waals surface area (Å²) >= 11 is 0. The zero-order valence-electron chi connectivity index (χ0n) is 8.34. The second-order valence-corrected chi connectivity index (χ2v) is 3.31. The van der Waals surface area contributed by atoms with Crippen molar-refractivity contribution in [1.29, 1.82) is 0 Å². The molecular formula is C11H10N2O3. The number of carbonyl (C=O) groups is 1. The first-order chi connectivity index (χ1) is 7.70. The molecule has 0 unspecified atom stereocenters. The number of hydrogen-bond donors (Lipinski definition) is 3. The van der Waals surface area contributed by atoms with E-state index in [1.165, 1.54) is 12.4 Å². The number of aliphatic hydroxyl groups excluding tert-OH is 1. The summed E-state index contributed by atoms with van der Waals surface area (Å²) in [5.41, 5.74) is 2.85. The number of rotatable bonds is 3. The van der Waals surface area contributed by atoms with Crippen LogP contribution in [0, 0.1) is 0 Å². The second kappa shape index (κ2) is 4.16. The molecule has 0 bridgehead atoms. The monoisotopic (exact) mass is 218 g/mol. The van der Waals surface area contributed by atoms with Gasteiger partial charge in [0.2, 0.25) is 0 Å². The minimum Gasteiger partial charge on any atom is -0.478 e. The molecule has 5 heteroatoms. The quantitative estimate of drug-likeness (QED) is 0.674. The van der Waals surface area contributed by atoms with Crippen molar-refractivity contribution in [3.63, 3.8) is 0 Å². The summed E-state index contributed by atoms with van der Waals surface area (Å²) < 4.78 is 0. The number of aromatic amines is 1. The van der Waals surface area contributed by atoms with E-state index in [4.69, 9.17) is 10.2 Å². The molecule has 0 amide bonds. The third-order valence-electron chi connectivity index (χ3n) is 2.20. The molecular weight excluding hydrogens is 208 g/mol. The molecule has 0 radical (unpaired) electrons. The van der Waals surface area contributed by atoms with Gasteiger partial charge in [0.05, 0.1) is 24.0 Å². The van der Waals surface area contributed by atoms with Crippen LogP contribution in [-0.4, -0.2) is 26.2 Å². The summed E-state index contributed by atoms with van der Waals surface area (Å²) in [6, 6.07) is 3.49. The minimum absolute atomic E-state index is 0.0944. The van der Waals surface area contributed by atoms with E-state index in [0.717, 1.165) is 11.6 Å². The summed E-state index contributed by atoms with van der Waals surface area (Å²) in [6.07, 6.45) is 4.04. The van der Waals surface area contributed by atoms with Crippen LogP contribution in [0.1, 0.15) is 11.1 Å². The number of aliphatic hydroxyl groups is 1. The lowest BCUT2D eigenvalue weighted by Gasteiger charge is -2.00. The fourth-order valence-corrected chi connectivity index (χ4v) is 1.52. The molecule has 0 saturated carbocycles. The molecule has 5 nitrogen and oxygen atoms in total. The highest BCUT2D eigenvalue weighted by molar-refractivity contribution is 5.91. The number of nitrogens with zero attached hydrogens (tertiary/aromatic N) is 1. The number of aromatic nitrogens is 2. The Balaban J connectivity index is 2.56. The molecule has 0 fully saturated rings. The van der Waals surface area contributed by atoms with Crippen molar-refractivity contribution in [2.45, 2.75) is 6.61 Å². The number of benzene rings is 1. The average molecular weight is 218 g/mol. The Kier molecular flexibility index (Phi) is 2.70. The third-order valence-corrected chi connectivity index (χ3v) is 2.20. The van der Waals surface area contributed by atoms with E-state index in [9.17, 15) is 4.79 Å². The van der Waals surface area contributed by atoms with Crippen LogP contribution in [0.15, 0.2) is 24.5 Å². The number of hydrogen-bond acceptors (Lipinski definition) is 3. The Morgan fingerprint density at radius 2 is 2.31 bits per heavy atom. The fourth-order valence-electron chi connectivity index (χ4n) is 1.52. The first-order valence-corrected chi connectivity index (χ1v) is 4.68. The van der Waals surface area contributed by atoms with Crippen LogP contribution in [0.5, 0.6) is 0 Å². The lowest BCUT2D eigenvalue weighted by atomic mass is 10.1. The molecule has 0 saturated heterocycles. The van der Waals surface area contributed by atoms with Gasteiger partial charge in [-0.2, -0.15) is 0 Å². The fraction of sp³-hybridized carbons (Fsp3) is 0.0909. The van der Waals surface area contributed by atoms with Crippen molar-refractivity contribution in [2.24, 2.45) is 0 Å². The predicted molar refractivity (Wildman–Crippen MR) is 58.7 cm³/mol. The Labute approximate surface area is 91.1 Å². The summed E-state index contributed by atoms with van der Waals surface area (Å²) in [4.78, 5) is 17.4. The standard InChI is InChI=1S/C11H10N2O3/c14-5-7-3-8(1-2-10(15)16)11-9(4-7)12-6-13-11/h1-4,6,14H,5H2,(H,12,13)(H,15,16)/b2-1+. The van der Waals surface area contributed by atoms with Crippen LogP contribution in [0.4, 0.5) is 0 Å². The summed E-state index contributed by atoms with van der Waals surface area (Å²) in [7, 11) is 0. The maximum atomic E-state index is 10.4. The smallest absolute Gasteiger partial charge is 0.328 e. The van der Waals surface area contributed by atoms with Crippen molar-refractivity contribution in [3.05, 3.63) is 35.7 Å². The zero-order valence-corrected chi connectivity index (χ0v) is 8.34. The van der Waals surface area contributed by atoms with E-state index in [-0.39, 0.29) is 6.61 Å². The van der Waals surface area contributed by atoms with Crippen LogP contribution >= 0.6 is 0 Å². The van der Waals surface area contributed by atoms with Gasteiger partial charge in [-0.05, 0) is 23.8 Å². The largest absolute Gasteiger partial charge is 0.478 e. The van der Waals surface area contributed by atoms with Gasteiger partial charge >= 0.3 is 5.97 Å². The topological polar surface area (TPSA) is 86.2 Å². The number of carboxylic acid groups (broad SMARTS) is 1. The van der Waals surface area contributed by atoms with Crippen molar-refractivity contribution in [2.75, 3.05) is 0 Å². The Bertz CT molecular complexity index is 557. The number of imidazole rings is 1. The average Bonchev–Trinajstić information content (AvgIpc) is 2.73. The van der Waals surface area contributed by atoms with Gasteiger partial charge in [0.25, 0.3) is 0 Å². The number of H-pyrrole nitrogens is 1. The number of nitrogens with one attached hydrogen (secondary N) is 1. The van der Waals surface area contributed by atoms with Gasteiger partial charge in [0.1, 0.15) is 0 Å². The molecule has 0 atom stereocenters. The van der Waals surface area contributed by atoms with Crippen molar-refractivity contribution >= 4 is 23.1 Å². The molecule has 0 spiro atoms. The molecule has 0 aliphatic rings. The normalized spacial score (nSPS) is 11.3. The SMILES string of the molecule is O=C(O)/C=C/c1cc(CO)cc2[nH]cnc12. The van der Waals surface area contributed by atoms with Gasteiger partial charge in [0.15, 0.2) is 0 Å². The van der Waals surface area contributed by atoms with Crippen LogP contribution in [-0.2, 0) is 11.4 Å². The molecule has 1 heterocycles. The maximum Gasteiger partial charge on any atom is 0.328 e. The van der Waals surface area contributed by atoms with Gasteiger partial charge < -0.3 is 15.2 Å².